The van der Waals surface area contributed by atoms with Gasteiger partial charge >= 0.3 is 6.18 Å². The lowest BCUT2D eigenvalue weighted by atomic mass is 9.99. The summed E-state index contributed by atoms with van der Waals surface area (Å²) in [7, 11) is 0. The lowest BCUT2D eigenvalue weighted by Gasteiger charge is -2.14. The van der Waals surface area contributed by atoms with Crippen LogP contribution >= 0.6 is 0 Å². The first kappa shape index (κ1) is 23.0. The number of benzene rings is 2. The molecule has 0 saturated carbocycles. The van der Waals surface area contributed by atoms with Gasteiger partial charge in [-0.1, -0.05) is 36.4 Å². The van der Waals surface area contributed by atoms with E-state index in [-0.39, 0.29) is 5.69 Å². The minimum absolute atomic E-state index is 0.165. The van der Waals surface area contributed by atoms with Gasteiger partial charge in [0, 0.05) is 17.5 Å². The fourth-order valence-electron chi connectivity index (χ4n) is 4.33. The molecule has 8 heteroatoms. The maximum atomic E-state index is 13.2. The molecular formula is C27H23F3N4O. The highest BCUT2D eigenvalue weighted by Crippen LogP contribution is 2.34. The van der Waals surface area contributed by atoms with Crippen molar-refractivity contribution in [2.75, 3.05) is 18.4 Å². The Morgan fingerprint density at radius 2 is 1.77 bits per heavy atom. The van der Waals surface area contributed by atoms with Gasteiger partial charge in [0.05, 0.1) is 28.7 Å². The van der Waals surface area contributed by atoms with Crippen molar-refractivity contribution in [2.45, 2.75) is 25.6 Å². The van der Waals surface area contributed by atoms with E-state index in [4.69, 9.17) is 0 Å². The van der Waals surface area contributed by atoms with E-state index in [0.717, 1.165) is 42.8 Å². The Bertz CT molecular complexity index is 1360. The van der Waals surface area contributed by atoms with Gasteiger partial charge in [0.25, 0.3) is 5.91 Å². The molecule has 3 heterocycles. The van der Waals surface area contributed by atoms with Crippen molar-refractivity contribution in [1.29, 1.82) is 0 Å². The molecule has 0 spiro atoms. The second-order valence-corrected chi connectivity index (χ2v) is 8.63. The molecule has 1 amide bonds. The standard InChI is InChI=1S/C27H23F3N4O/c28-27(29,30)20-7-3-6-19(15-20)23-8-4-5-18-9-12-24(33-25(18)23)26(35)32-21-10-11-22(31-16-21)17-34-13-1-2-14-34/h3-12,15-16H,1-2,13-14,17H2,(H,32,35). The first-order valence-electron chi connectivity index (χ1n) is 11.4. The zero-order chi connectivity index (χ0) is 24.4. The number of fused-ring (bicyclic) bond motifs is 1. The topological polar surface area (TPSA) is 58.1 Å². The van der Waals surface area contributed by atoms with Gasteiger partial charge in [0.2, 0.25) is 0 Å². The van der Waals surface area contributed by atoms with E-state index in [1.165, 1.54) is 18.9 Å². The number of amides is 1. The van der Waals surface area contributed by atoms with Crippen LogP contribution in [0, 0.1) is 0 Å². The third-order valence-electron chi connectivity index (χ3n) is 6.12. The number of rotatable bonds is 5. The summed E-state index contributed by atoms with van der Waals surface area (Å²) >= 11 is 0. The molecule has 35 heavy (non-hydrogen) atoms. The first-order valence-corrected chi connectivity index (χ1v) is 11.4. The number of pyridine rings is 2. The van der Waals surface area contributed by atoms with Crippen molar-refractivity contribution in [3.8, 4) is 11.1 Å². The van der Waals surface area contributed by atoms with E-state index in [0.29, 0.717) is 22.3 Å². The van der Waals surface area contributed by atoms with Crippen molar-refractivity contribution in [2.24, 2.45) is 0 Å². The molecule has 5 rings (SSSR count). The van der Waals surface area contributed by atoms with Crippen LogP contribution in [0.4, 0.5) is 18.9 Å². The van der Waals surface area contributed by atoms with Crippen LogP contribution in [0.5, 0.6) is 0 Å². The molecule has 0 aliphatic carbocycles. The molecule has 0 bridgehead atoms. The molecule has 1 N–H and O–H groups in total. The fraction of sp³-hybridized carbons (Fsp3) is 0.222. The molecule has 1 fully saturated rings. The molecule has 4 aromatic rings. The van der Waals surface area contributed by atoms with Crippen molar-refractivity contribution < 1.29 is 18.0 Å². The number of anilines is 1. The lowest BCUT2D eigenvalue weighted by Crippen LogP contribution is -2.19. The Hall–Kier alpha value is -3.78. The van der Waals surface area contributed by atoms with E-state index >= 15 is 0 Å². The van der Waals surface area contributed by atoms with Gasteiger partial charge < -0.3 is 5.32 Å². The molecular weight excluding hydrogens is 453 g/mol. The van der Waals surface area contributed by atoms with E-state index in [2.05, 4.69) is 20.2 Å². The van der Waals surface area contributed by atoms with Crippen molar-refractivity contribution in [3.05, 3.63) is 89.9 Å². The molecule has 178 valence electrons. The molecule has 0 radical (unpaired) electrons. The number of carbonyl (C=O) groups is 1. The number of aromatic nitrogens is 2. The Morgan fingerprint density at radius 3 is 2.51 bits per heavy atom. The number of alkyl halides is 3. The Kier molecular flexibility index (Phi) is 6.21. The molecule has 1 saturated heterocycles. The van der Waals surface area contributed by atoms with Crippen LogP contribution in [0.1, 0.15) is 34.6 Å². The third kappa shape index (κ3) is 5.17. The maximum Gasteiger partial charge on any atom is 0.416 e. The lowest BCUT2D eigenvalue weighted by molar-refractivity contribution is -0.137. The van der Waals surface area contributed by atoms with E-state index in [1.807, 2.05) is 18.2 Å². The Morgan fingerprint density at radius 1 is 0.971 bits per heavy atom. The maximum absolute atomic E-state index is 13.2. The van der Waals surface area contributed by atoms with Crippen LogP contribution in [0.3, 0.4) is 0 Å². The normalized spacial score (nSPS) is 14.4. The summed E-state index contributed by atoms with van der Waals surface area (Å²) in [6.45, 7) is 2.95. The van der Waals surface area contributed by atoms with Crippen LogP contribution in [0.25, 0.3) is 22.0 Å². The number of para-hydroxylation sites is 1. The zero-order valence-electron chi connectivity index (χ0n) is 18.8. The summed E-state index contributed by atoms with van der Waals surface area (Å²) in [5.74, 6) is -0.417. The molecule has 0 atom stereocenters. The zero-order valence-corrected chi connectivity index (χ0v) is 18.8. The van der Waals surface area contributed by atoms with Crippen LogP contribution in [0.2, 0.25) is 0 Å². The molecule has 2 aromatic heterocycles. The quantitative estimate of drug-likeness (QED) is 0.375. The molecule has 5 nitrogen and oxygen atoms in total. The highest BCUT2D eigenvalue weighted by Gasteiger charge is 2.30. The summed E-state index contributed by atoms with van der Waals surface area (Å²) in [6.07, 6.45) is -0.402. The van der Waals surface area contributed by atoms with Crippen LogP contribution in [0.15, 0.2) is 72.9 Å². The molecule has 2 aromatic carbocycles. The van der Waals surface area contributed by atoms with Crippen LogP contribution < -0.4 is 5.32 Å². The number of nitrogens with zero attached hydrogens (tertiary/aromatic N) is 3. The van der Waals surface area contributed by atoms with Crippen molar-refractivity contribution in [3.63, 3.8) is 0 Å². The van der Waals surface area contributed by atoms with E-state index in [1.54, 1.807) is 36.5 Å². The summed E-state index contributed by atoms with van der Waals surface area (Å²) in [5.41, 5.74) is 2.29. The number of hydrogen-bond donors (Lipinski definition) is 1. The predicted molar refractivity (Wildman–Crippen MR) is 129 cm³/mol. The highest BCUT2D eigenvalue weighted by molar-refractivity contribution is 6.05. The van der Waals surface area contributed by atoms with E-state index < -0.39 is 17.6 Å². The second kappa shape index (κ2) is 9.46. The third-order valence-corrected chi connectivity index (χ3v) is 6.12. The van der Waals surface area contributed by atoms with E-state index in [9.17, 15) is 18.0 Å². The number of halogens is 3. The molecule has 0 unspecified atom stereocenters. The Balaban J connectivity index is 1.39. The van der Waals surface area contributed by atoms with Crippen molar-refractivity contribution in [1.82, 2.24) is 14.9 Å². The van der Waals surface area contributed by atoms with Gasteiger partial charge in [0.15, 0.2) is 0 Å². The molecule has 1 aliphatic heterocycles. The largest absolute Gasteiger partial charge is 0.416 e. The monoisotopic (exact) mass is 476 g/mol. The van der Waals surface area contributed by atoms with Gasteiger partial charge in [-0.2, -0.15) is 13.2 Å². The number of likely N-dealkylation sites (tertiary alicyclic amines) is 1. The SMILES string of the molecule is O=C(Nc1ccc(CN2CCCC2)nc1)c1ccc2cccc(-c3cccc(C(F)(F)F)c3)c2n1. The fourth-order valence-corrected chi connectivity index (χ4v) is 4.33. The second-order valence-electron chi connectivity index (χ2n) is 8.63. The minimum Gasteiger partial charge on any atom is -0.319 e. The molecule has 1 aliphatic rings. The Labute approximate surface area is 200 Å². The highest BCUT2D eigenvalue weighted by atomic mass is 19.4. The summed E-state index contributed by atoms with van der Waals surface area (Å²) in [4.78, 5) is 24.2. The minimum atomic E-state index is -4.45. The number of carbonyl (C=O) groups excluding carboxylic acids is 1. The number of nitrogens with one attached hydrogen (secondary N) is 1. The van der Waals surface area contributed by atoms with Gasteiger partial charge in [0.1, 0.15) is 5.69 Å². The summed E-state index contributed by atoms with van der Waals surface area (Å²) in [6, 6.07) is 17.4. The van der Waals surface area contributed by atoms with Gasteiger partial charge in [-0.3, -0.25) is 14.7 Å². The smallest absolute Gasteiger partial charge is 0.319 e. The van der Waals surface area contributed by atoms with Crippen molar-refractivity contribution >= 4 is 22.5 Å². The average Bonchev–Trinajstić information content (AvgIpc) is 3.37. The summed E-state index contributed by atoms with van der Waals surface area (Å²) in [5, 5.41) is 3.53. The average molecular weight is 477 g/mol. The van der Waals surface area contributed by atoms with Crippen LogP contribution in [-0.2, 0) is 12.7 Å². The van der Waals surface area contributed by atoms with Gasteiger partial charge in [-0.15, -0.1) is 0 Å². The van der Waals surface area contributed by atoms with Gasteiger partial charge in [-0.25, -0.2) is 4.98 Å². The summed E-state index contributed by atoms with van der Waals surface area (Å²) < 4.78 is 39.7. The number of hydrogen-bond acceptors (Lipinski definition) is 4. The predicted octanol–water partition coefficient (Wildman–Crippen LogP) is 6.16. The van der Waals surface area contributed by atoms with Gasteiger partial charge in [-0.05, 0) is 61.8 Å². The van der Waals surface area contributed by atoms with Crippen LogP contribution in [-0.4, -0.2) is 33.9 Å². The first-order chi connectivity index (χ1) is 16.9.